The van der Waals surface area contributed by atoms with E-state index in [1.165, 1.54) is 64.7 Å². The van der Waals surface area contributed by atoms with Crippen molar-refractivity contribution in [2.45, 2.75) is 65.3 Å². The third kappa shape index (κ3) is 6.42. The molecule has 0 aromatic carbocycles. The summed E-state index contributed by atoms with van der Waals surface area (Å²) in [6, 6.07) is 0.702. The highest BCUT2D eigenvalue weighted by Crippen LogP contribution is 2.15. The topological polar surface area (TPSA) is 15.3 Å². The van der Waals surface area contributed by atoms with E-state index in [1.54, 1.807) is 0 Å². The maximum atomic E-state index is 3.58. The molecule has 2 heteroatoms. The van der Waals surface area contributed by atoms with Crippen LogP contribution >= 0.6 is 0 Å². The maximum absolute atomic E-state index is 3.58. The Bertz CT molecular complexity index is 182. The number of hydrogen-bond acceptors (Lipinski definition) is 2. The Balaban J connectivity index is 2.30. The molecule has 0 saturated carbocycles. The molecule has 1 aliphatic rings. The average Bonchev–Trinajstić information content (AvgIpc) is 2.32. The Kier molecular flexibility index (Phi) is 7.87. The molecular weight excluding hydrogens is 208 g/mol. The lowest BCUT2D eigenvalue weighted by Crippen LogP contribution is -2.40. The van der Waals surface area contributed by atoms with Gasteiger partial charge >= 0.3 is 0 Å². The van der Waals surface area contributed by atoms with E-state index >= 15 is 0 Å². The van der Waals surface area contributed by atoms with Crippen LogP contribution in [0.3, 0.4) is 0 Å². The van der Waals surface area contributed by atoms with E-state index in [-0.39, 0.29) is 0 Å². The van der Waals surface area contributed by atoms with Gasteiger partial charge < -0.3 is 10.2 Å². The summed E-state index contributed by atoms with van der Waals surface area (Å²) in [5.74, 6) is 0.928. The second-order valence-corrected chi connectivity index (χ2v) is 5.71. The summed E-state index contributed by atoms with van der Waals surface area (Å²) in [5, 5.41) is 3.58. The Hall–Kier alpha value is -0.0800. The average molecular weight is 240 g/mol. The van der Waals surface area contributed by atoms with Crippen molar-refractivity contribution in [1.82, 2.24) is 10.2 Å². The SMILES string of the molecule is CCCCC(CC)CN1CCCNC(C)CC1. The normalized spacial score (nSPS) is 25.2. The molecule has 0 amide bonds. The highest BCUT2D eigenvalue weighted by atomic mass is 15.1. The van der Waals surface area contributed by atoms with Crippen LogP contribution in [0.15, 0.2) is 0 Å². The van der Waals surface area contributed by atoms with Crippen LogP contribution in [0.5, 0.6) is 0 Å². The van der Waals surface area contributed by atoms with E-state index in [0.717, 1.165) is 5.92 Å². The number of nitrogens with zero attached hydrogens (tertiary/aromatic N) is 1. The van der Waals surface area contributed by atoms with Crippen molar-refractivity contribution in [2.24, 2.45) is 5.92 Å². The third-order valence-corrected chi connectivity index (χ3v) is 4.08. The molecule has 1 heterocycles. The number of hydrogen-bond donors (Lipinski definition) is 1. The van der Waals surface area contributed by atoms with Crippen molar-refractivity contribution in [3.63, 3.8) is 0 Å². The molecule has 102 valence electrons. The van der Waals surface area contributed by atoms with E-state index in [4.69, 9.17) is 0 Å². The molecule has 2 unspecified atom stereocenters. The fourth-order valence-corrected chi connectivity index (χ4v) is 2.71. The van der Waals surface area contributed by atoms with Gasteiger partial charge in [0, 0.05) is 12.6 Å². The van der Waals surface area contributed by atoms with Crippen molar-refractivity contribution < 1.29 is 0 Å². The van der Waals surface area contributed by atoms with Gasteiger partial charge in [-0.2, -0.15) is 0 Å². The van der Waals surface area contributed by atoms with Gasteiger partial charge in [0.1, 0.15) is 0 Å². The van der Waals surface area contributed by atoms with Gasteiger partial charge in [-0.3, -0.25) is 0 Å². The molecule has 1 aliphatic heterocycles. The summed E-state index contributed by atoms with van der Waals surface area (Å²) >= 11 is 0. The Labute approximate surface area is 108 Å². The fourth-order valence-electron chi connectivity index (χ4n) is 2.71. The van der Waals surface area contributed by atoms with Crippen molar-refractivity contribution in [3.8, 4) is 0 Å². The summed E-state index contributed by atoms with van der Waals surface area (Å²) in [5.41, 5.74) is 0. The molecule has 0 bridgehead atoms. The summed E-state index contributed by atoms with van der Waals surface area (Å²) in [6.07, 6.45) is 8.15. The lowest BCUT2D eigenvalue weighted by atomic mass is 9.98. The highest BCUT2D eigenvalue weighted by molar-refractivity contribution is 4.72. The van der Waals surface area contributed by atoms with Gasteiger partial charge in [-0.15, -0.1) is 0 Å². The van der Waals surface area contributed by atoms with E-state index in [1.807, 2.05) is 0 Å². The van der Waals surface area contributed by atoms with Gasteiger partial charge in [-0.1, -0.05) is 33.1 Å². The molecule has 0 aromatic heterocycles. The molecular formula is C15H32N2. The van der Waals surface area contributed by atoms with E-state index in [2.05, 4.69) is 31.0 Å². The zero-order chi connectivity index (χ0) is 12.5. The van der Waals surface area contributed by atoms with Crippen molar-refractivity contribution in [3.05, 3.63) is 0 Å². The summed E-state index contributed by atoms with van der Waals surface area (Å²) < 4.78 is 0. The molecule has 1 N–H and O–H groups in total. The molecule has 1 saturated heterocycles. The van der Waals surface area contributed by atoms with Crippen LogP contribution in [-0.2, 0) is 0 Å². The molecule has 17 heavy (non-hydrogen) atoms. The summed E-state index contributed by atoms with van der Waals surface area (Å²) in [4.78, 5) is 2.71. The molecule has 0 aliphatic carbocycles. The first-order valence-corrected chi connectivity index (χ1v) is 7.72. The number of nitrogens with one attached hydrogen (secondary N) is 1. The van der Waals surface area contributed by atoms with E-state index in [9.17, 15) is 0 Å². The van der Waals surface area contributed by atoms with Crippen LogP contribution in [0.4, 0.5) is 0 Å². The zero-order valence-electron chi connectivity index (χ0n) is 12.2. The lowest BCUT2D eigenvalue weighted by molar-refractivity contribution is 0.195. The second-order valence-electron chi connectivity index (χ2n) is 5.71. The minimum atomic E-state index is 0.702. The fraction of sp³-hybridized carbons (Fsp3) is 1.00. The summed E-state index contributed by atoms with van der Waals surface area (Å²) in [7, 11) is 0. The minimum Gasteiger partial charge on any atom is -0.314 e. The molecule has 2 atom stereocenters. The smallest absolute Gasteiger partial charge is 0.00509 e. The molecule has 0 spiro atoms. The van der Waals surface area contributed by atoms with Gasteiger partial charge in [0.2, 0.25) is 0 Å². The van der Waals surface area contributed by atoms with E-state index < -0.39 is 0 Å². The van der Waals surface area contributed by atoms with Crippen molar-refractivity contribution in [1.29, 1.82) is 0 Å². The van der Waals surface area contributed by atoms with Gasteiger partial charge in [-0.25, -0.2) is 0 Å². The minimum absolute atomic E-state index is 0.702. The Morgan fingerprint density at radius 1 is 1.29 bits per heavy atom. The first-order valence-electron chi connectivity index (χ1n) is 7.72. The Morgan fingerprint density at radius 3 is 2.82 bits per heavy atom. The second kappa shape index (κ2) is 8.93. The maximum Gasteiger partial charge on any atom is 0.00509 e. The predicted molar refractivity (Wildman–Crippen MR) is 76.4 cm³/mol. The van der Waals surface area contributed by atoms with E-state index in [0.29, 0.717) is 6.04 Å². The molecule has 2 nitrogen and oxygen atoms in total. The first kappa shape index (κ1) is 15.0. The van der Waals surface area contributed by atoms with Crippen molar-refractivity contribution in [2.75, 3.05) is 26.2 Å². The lowest BCUT2D eigenvalue weighted by Gasteiger charge is -2.30. The predicted octanol–water partition coefficient (Wildman–Crippen LogP) is 3.28. The molecule has 0 radical (unpaired) electrons. The summed E-state index contributed by atoms with van der Waals surface area (Å²) in [6.45, 7) is 12.1. The quantitative estimate of drug-likeness (QED) is 0.766. The van der Waals surface area contributed by atoms with Crippen molar-refractivity contribution >= 4 is 0 Å². The third-order valence-electron chi connectivity index (χ3n) is 4.08. The monoisotopic (exact) mass is 240 g/mol. The zero-order valence-corrected chi connectivity index (χ0v) is 12.2. The van der Waals surface area contributed by atoms with Gasteiger partial charge in [0.25, 0.3) is 0 Å². The van der Waals surface area contributed by atoms with Gasteiger partial charge in [0.15, 0.2) is 0 Å². The first-order chi connectivity index (χ1) is 8.26. The van der Waals surface area contributed by atoms with Crippen LogP contribution in [-0.4, -0.2) is 37.1 Å². The molecule has 1 fully saturated rings. The standard InChI is InChI=1S/C15H32N2/c1-4-6-8-15(5-2)13-17-11-7-10-16-14(3)9-12-17/h14-16H,4-13H2,1-3H3. The number of rotatable bonds is 6. The highest BCUT2D eigenvalue weighted by Gasteiger charge is 2.15. The van der Waals surface area contributed by atoms with Crippen LogP contribution < -0.4 is 5.32 Å². The van der Waals surface area contributed by atoms with Crippen LogP contribution in [0, 0.1) is 5.92 Å². The van der Waals surface area contributed by atoms with Gasteiger partial charge in [0.05, 0.1) is 0 Å². The van der Waals surface area contributed by atoms with Gasteiger partial charge in [-0.05, 0) is 51.7 Å². The largest absolute Gasteiger partial charge is 0.314 e. The Morgan fingerprint density at radius 2 is 2.12 bits per heavy atom. The number of unbranched alkanes of at least 4 members (excludes halogenated alkanes) is 1. The molecule has 0 aromatic rings. The van der Waals surface area contributed by atoms with Crippen LogP contribution in [0.25, 0.3) is 0 Å². The van der Waals surface area contributed by atoms with Crippen LogP contribution in [0.2, 0.25) is 0 Å². The molecule has 1 rings (SSSR count). The van der Waals surface area contributed by atoms with Crippen LogP contribution in [0.1, 0.15) is 59.3 Å².